The van der Waals surface area contributed by atoms with Crippen LogP contribution in [0.25, 0.3) is 0 Å². The first-order valence-corrected chi connectivity index (χ1v) is 8.18. The molecule has 2 saturated carbocycles. The minimum atomic E-state index is 0.701. The Kier molecular flexibility index (Phi) is 3.17. The molecule has 0 aromatic carbocycles. The molecular weight excluding hydrogens is 250 g/mol. The average molecular weight is 275 g/mol. The molecule has 2 unspecified atom stereocenters. The largest absolute Gasteiger partial charge is 0.340 e. The van der Waals surface area contributed by atoms with E-state index in [1.807, 2.05) is 7.05 Å². The van der Waals surface area contributed by atoms with Crippen LogP contribution in [0.3, 0.4) is 0 Å². The van der Waals surface area contributed by atoms with Gasteiger partial charge in [-0.1, -0.05) is 6.42 Å². The van der Waals surface area contributed by atoms with Crippen LogP contribution in [-0.2, 0) is 0 Å². The van der Waals surface area contributed by atoms with E-state index < -0.39 is 0 Å². The summed E-state index contributed by atoms with van der Waals surface area (Å²) in [5.74, 6) is 5.44. The Morgan fingerprint density at radius 3 is 2.65 bits per heavy atom. The van der Waals surface area contributed by atoms with Gasteiger partial charge in [-0.2, -0.15) is 4.98 Å². The van der Waals surface area contributed by atoms with Crippen molar-refractivity contribution < 1.29 is 0 Å². The second-order valence-corrected chi connectivity index (χ2v) is 6.79. The number of hydrogen-bond donors (Lipinski definition) is 2. The van der Waals surface area contributed by atoms with E-state index in [1.165, 1.54) is 32.1 Å². The molecule has 0 spiro atoms. The van der Waals surface area contributed by atoms with Crippen LogP contribution in [0.1, 0.15) is 43.8 Å². The molecule has 110 valence electrons. The minimum Gasteiger partial charge on any atom is -0.340 e. The molecule has 1 aromatic heterocycles. The average Bonchev–Trinajstić information content (AvgIpc) is 2.90. The molecule has 1 aliphatic heterocycles. The fourth-order valence-corrected chi connectivity index (χ4v) is 4.41. The fraction of sp³-hybridized carbons (Fsp3) is 0.867. The van der Waals surface area contributed by atoms with Crippen molar-refractivity contribution in [2.75, 3.05) is 31.6 Å². The van der Waals surface area contributed by atoms with Gasteiger partial charge in [0.25, 0.3) is 0 Å². The highest BCUT2D eigenvalue weighted by Crippen LogP contribution is 2.62. The lowest BCUT2D eigenvalue weighted by atomic mass is 9.97. The van der Waals surface area contributed by atoms with Crippen molar-refractivity contribution in [3.05, 3.63) is 5.82 Å². The molecule has 2 heterocycles. The molecule has 2 atom stereocenters. The van der Waals surface area contributed by atoms with Crippen LogP contribution in [0.15, 0.2) is 0 Å². The molecule has 3 fully saturated rings. The van der Waals surface area contributed by atoms with E-state index >= 15 is 0 Å². The molecule has 5 heteroatoms. The van der Waals surface area contributed by atoms with Gasteiger partial charge in [-0.25, -0.2) is 0 Å². The third-order valence-electron chi connectivity index (χ3n) is 5.60. The molecule has 2 aliphatic carbocycles. The molecule has 4 rings (SSSR count). The standard InChI is InChI=1S/C15H25N5/c1-16-9-10-5-7-20(8-6-10)15-17-14(18-19-15)13-11-3-2-4-12(11)13/h10-13,16H,2-9H2,1H3,(H,17,18,19). The van der Waals surface area contributed by atoms with Gasteiger partial charge in [0.1, 0.15) is 5.82 Å². The number of aromatic nitrogens is 3. The molecular formula is C15H25N5. The van der Waals surface area contributed by atoms with Gasteiger partial charge >= 0.3 is 0 Å². The highest BCUT2D eigenvalue weighted by atomic mass is 15.4. The molecule has 3 aliphatic rings. The van der Waals surface area contributed by atoms with Crippen molar-refractivity contribution in [2.45, 2.75) is 38.0 Å². The molecule has 5 nitrogen and oxygen atoms in total. The Bertz CT molecular complexity index is 453. The van der Waals surface area contributed by atoms with Crippen LogP contribution in [0.5, 0.6) is 0 Å². The molecule has 0 amide bonds. The summed E-state index contributed by atoms with van der Waals surface area (Å²) in [4.78, 5) is 7.14. The predicted molar refractivity (Wildman–Crippen MR) is 78.8 cm³/mol. The van der Waals surface area contributed by atoms with Gasteiger partial charge in [-0.15, -0.1) is 5.10 Å². The van der Waals surface area contributed by atoms with E-state index in [-0.39, 0.29) is 0 Å². The Labute approximate surface area is 120 Å². The Morgan fingerprint density at radius 1 is 1.20 bits per heavy atom. The summed E-state index contributed by atoms with van der Waals surface area (Å²) < 4.78 is 0. The maximum absolute atomic E-state index is 4.79. The number of piperidine rings is 1. The summed E-state index contributed by atoms with van der Waals surface area (Å²) in [6.07, 6.45) is 6.73. The minimum absolute atomic E-state index is 0.701. The second-order valence-electron chi connectivity index (χ2n) is 6.79. The SMILES string of the molecule is CNCC1CCN(c2n[nH]c(C3C4CCCC43)n2)CC1. The third-order valence-corrected chi connectivity index (χ3v) is 5.60. The predicted octanol–water partition coefficient (Wildman–Crippen LogP) is 1.75. The van der Waals surface area contributed by atoms with E-state index in [0.29, 0.717) is 5.92 Å². The van der Waals surface area contributed by atoms with Crippen molar-refractivity contribution >= 4 is 5.95 Å². The number of fused-ring (bicyclic) bond motifs is 1. The molecule has 0 bridgehead atoms. The van der Waals surface area contributed by atoms with Gasteiger partial charge in [-0.05, 0) is 57.0 Å². The van der Waals surface area contributed by atoms with Crippen LogP contribution in [-0.4, -0.2) is 41.9 Å². The lowest BCUT2D eigenvalue weighted by Gasteiger charge is -2.30. The summed E-state index contributed by atoms with van der Waals surface area (Å²) >= 11 is 0. The topological polar surface area (TPSA) is 56.8 Å². The number of aromatic amines is 1. The van der Waals surface area contributed by atoms with Gasteiger partial charge in [0.2, 0.25) is 5.95 Å². The Hall–Kier alpha value is -1.10. The molecule has 20 heavy (non-hydrogen) atoms. The Morgan fingerprint density at radius 2 is 1.95 bits per heavy atom. The van der Waals surface area contributed by atoms with Crippen molar-refractivity contribution in [3.63, 3.8) is 0 Å². The van der Waals surface area contributed by atoms with Crippen LogP contribution >= 0.6 is 0 Å². The first kappa shape index (κ1) is 12.6. The lowest BCUT2D eigenvalue weighted by molar-refractivity contribution is 0.391. The van der Waals surface area contributed by atoms with E-state index in [9.17, 15) is 0 Å². The number of hydrogen-bond acceptors (Lipinski definition) is 4. The van der Waals surface area contributed by atoms with Gasteiger partial charge < -0.3 is 10.2 Å². The van der Waals surface area contributed by atoms with Gasteiger partial charge in [0, 0.05) is 19.0 Å². The first-order valence-electron chi connectivity index (χ1n) is 8.18. The lowest BCUT2D eigenvalue weighted by Crippen LogP contribution is -2.37. The number of nitrogens with zero attached hydrogens (tertiary/aromatic N) is 3. The first-order chi connectivity index (χ1) is 9.86. The molecule has 2 N–H and O–H groups in total. The van der Waals surface area contributed by atoms with E-state index in [4.69, 9.17) is 4.98 Å². The summed E-state index contributed by atoms with van der Waals surface area (Å²) in [7, 11) is 2.04. The zero-order valence-corrected chi connectivity index (χ0v) is 12.3. The van der Waals surface area contributed by atoms with Gasteiger partial charge in [0.05, 0.1) is 0 Å². The maximum atomic E-state index is 4.79. The molecule has 1 aromatic rings. The second kappa shape index (κ2) is 5.02. The van der Waals surface area contributed by atoms with Crippen molar-refractivity contribution in [2.24, 2.45) is 17.8 Å². The van der Waals surface area contributed by atoms with Crippen LogP contribution in [0.2, 0.25) is 0 Å². The number of anilines is 1. The van der Waals surface area contributed by atoms with E-state index in [1.54, 1.807) is 0 Å². The van der Waals surface area contributed by atoms with Crippen LogP contribution < -0.4 is 10.2 Å². The number of nitrogens with one attached hydrogen (secondary N) is 2. The zero-order valence-electron chi connectivity index (χ0n) is 12.3. The van der Waals surface area contributed by atoms with Crippen molar-refractivity contribution in [3.8, 4) is 0 Å². The highest BCUT2D eigenvalue weighted by Gasteiger charge is 2.55. The van der Waals surface area contributed by atoms with Gasteiger partial charge in [0.15, 0.2) is 0 Å². The van der Waals surface area contributed by atoms with E-state index in [0.717, 1.165) is 49.2 Å². The zero-order chi connectivity index (χ0) is 13.5. The molecule has 0 radical (unpaired) electrons. The third kappa shape index (κ3) is 2.12. The number of H-pyrrole nitrogens is 1. The number of rotatable bonds is 4. The van der Waals surface area contributed by atoms with Crippen molar-refractivity contribution in [1.82, 2.24) is 20.5 Å². The maximum Gasteiger partial charge on any atom is 0.244 e. The monoisotopic (exact) mass is 275 g/mol. The summed E-state index contributed by atoms with van der Waals surface area (Å²) in [6, 6.07) is 0. The summed E-state index contributed by atoms with van der Waals surface area (Å²) in [5.41, 5.74) is 0. The molecule has 1 saturated heterocycles. The normalized spacial score (nSPS) is 33.5. The highest BCUT2D eigenvalue weighted by molar-refractivity contribution is 5.31. The van der Waals surface area contributed by atoms with E-state index in [2.05, 4.69) is 20.4 Å². The quantitative estimate of drug-likeness (QED) is 0.879. The van der Waals surface area contributed by atoms with Crippen LogP contribution in [0.4, 0.5) is 5.95 Å². The summed E-state index contributed by atoms with van der Waals surface area (Å²) in [6.45, 7) is 3.33. The van der Waals surface area contributed by atoms with Crippen LogP contribution in [0, 0.1) is 17.8 Å². The smallest absolute Gasteiger partial charge is 0.244 e. The summed E-state index contributed by atoms with van der Waals surface area (Å²) in [5, 5.41) is 11.0. The fourth-order valence-electron chi connectivity index (χ4n) is 4.41. The Balaban J connectivity index is 1.37. The van der Waals surface area contributed by atoms with Gasteiger partial charge in [-0.3, -0.25) is 5.10 Å². The van der Waals surface area contributed by atoms with Crippen molar-refractivity contribution in [1.29, 1.82) is 0 Å².